The summed E-state index contributed by atoms with van der Waals surface area (Å²) in [4.78, 5) is 0. The molecular weight excluding hydrogens is 366 g/mol. The molecule has 0 spiro atoms. The molecule has 0 aliphatic heterocycles. The Balaban J connectivity index is 1.57. The Kier molecular flexibility index (Phi) is 5.05. The molecule has 0 N–H and O–H groups in total. The van der Waals surface area contributed by atoms with Gasteiger partial charge < -0.3 is 8.98 Å². The zero-order chi connectivity index (χ0) is 20.2. The summed E-state index contributed by atoms with van der Waals surface area (Å²) in [6.07, 6.45) is 2.15. The van der Waals surface area contributed by atoms with Crippen LogP contribution in [0.1, 0.15) is 28.5 Å². The third-order valence-electron chi connectivity index (χ3n) is 5.46. The monoisotopic (exact) mass is 389 g/mol. The highest BCUT2D eigenvalue weighted by Crippen LogP contribution is 2.35. The number of hydrogen-bond acceptors (Lipinski definition) is 1. The molecule has 3 aromatic carbocycles. The first-order valence-electron chi connectivity index (χ1n) is 10.3. The van der Waals surface area contributed by atoms with Gasteiger partial charge in [0, 0.05) is 24.0 Å². The van der Waals surface area contributed by atoms with Crippen molar-refractivity contribution in [3.05, 3.63) is 144 Å². The number of nitrogens with zero attached hydrogens (tertiary/aromatic N) is 1. The second-order valence-corrected chi connectivity index (χ2v) is 7.46. The van der Waals surface area contributed by atoms with E-state index in [1.807, 2.05) is 18.2 Å². The summed E-state index contributed by atoms with van der Waals surface area (Å²) in [6, 6.07) is 39.9. The fraction of sp³-hybridized carbons (Fsp3) is 0.0714. The van der Waals surface area contributed by atoms with Crippen LogP contribution in [0.4, 0.5) is 0 Å². The standard InChI is InChI=1S/C28H23NO/c1-4-11-22(12-5-1)21-29-20-10-17-25(29)28(24-15-8-3-9-16-24)27-19-18-26(30-27)23-13-6-2-7-14-23/h1-20,28H,21H2. The van der Waals surface area contributed by atoms with Gasteiger partial charge in [-0.3, -0.25) is 0 Å². The van der Waals surface area contributed by atoms with Crippen molar-refractivity contribution in [3.63, 3.8) is 0 Å². The van der Waals surface area contributed by atoms with Crippen molar-refractivity contribution in [2.45, 2.75) is 12.5 Å². The van der Waals surface area contributed by atoms with Crippen LogP contribution >= 0.6 is 0 Å². The van der Waals surface area contributed by atoms with Crippen molar-refractivity contribution in [1.82, 2.24) is 4.57 Å². The minimum Gasteiger partial charge on any atom is -0.460 e. The Labute approximate surface area is 177 Å². The topological polar surface area (TPSA) is 18.1 Å². The molecule has 0 fully saturated rings. The average molecular weight is 389 g/mol. The van der Waals surface area contributed by atoms with Gasteiger partial charge in [-0.15, -0.1) is 0 Å². The zero-order valence-electron chi connectivity index (χ0n) is 16.7. The van der Waals surface area contributed by atoms with Gasteiger partial charge >= 0.3 is 0 Å². The highest BCUT2D eigenvalue weighted by molar-refractivity contribution is 5.58. The van der Waals surface area contributed by atoms with E-state index in [1.165, 1.54) is 16.8 Å². The fourth-order valence-electron chi connectivity index (χ4n) is 4.01. The second kappa shape index (κ2) is 8.30. The van der Waals surface area contributed by atoms with Crippen molar-refractivity contribution in [2.75, 3.05) is 0 Å². The summed E-state index contributed by atoms with van der Waals surface area (Å²) < 4.78 is 8.72. The summed E-state index contributed by atoms with van der Waals surface area (Å²) >= 11 is 0. The first kappa shape index (κ1) is 18.3. The molecule has 1 unspecified atom stereocenters. The van der Waals surface area contributed by atoms with Crippen LogP contribution in [-0.2, 0) is 6.54 Å². The number of benzene rings is 3. The average Bonchev–Trinajstić information content (AvgIpc) is 3.47. The van der Waals surface area contributed by atoms with Crippen LogP contribution in [0.15, 0.2) is 126 Å². The first-order valence-corrected chi connectivity index (χ1v) is 10.3. The molecule has 30 heavy (non-hydrogen) atoms. The van der Waals surface area contributed by atoms with E-state index >= 15 is 0 Å². The predicted molar refractivity (Wildman–Crippen MR) is 122 cm³/mol. The number of rotatable bonds is 6. The van der Waals surface area contributed by atoms with Gasteiger partial charge in [-0.05, 0) is 35.4 Å². The Morgan fingerprint density at radius 1 is 0.633 bits per heavy atom. The van der Waals surface area contributed by atoms with E-state index in [9.17, 15) is 0 Å². The van der Waals surface area contributed by atoms with E-state index < -0.39 is 0 Å². The molecule has 0 bridgehead atoms. The maximum absolute atomic E-state index is 6.40. The maximum Gasteiger partial charge on any atom is 0.134 e. The molecule has 5 aromatic rings. The summed E-state index contributed by atoms with van der Waals surface area (Å²) in [5.74, 6) is 1.88. The van der Waals surface area contributed by atoms with Crippen LogP contribution < -0.4 is 0 Å². The SMILES string of the molecule is c1ccc(Cn2cccc2C(c2ccccc2)c2ccc(-c3ccccc3)o2)cc1. The number of aromatic nitrogens is 1. The smallest absolute Gasteiger partial charge is 0.134 e. The quantitative estimate of drug-likeness (QED) is 0.306. The molecule has 2 heterocycles. The Morgan fingerprint density at radius 2 is 1.30 bits per heavy atom. The minimum absolute atomic E-state index is 0.0300. The highest BCUT2D eigenvalue weighted by Gasteiger charge is 2.23. The largest absolute Gasteiger partial charge is 0.460 e. The summed E-state index contributed by atoms with van der Waals surface area (Å²) in [5.41, 5.74) is 4.82. The van der Waals surface area contributed by atoms with Crippen LogP contribution in [0.3, 0.4) is 0 Å². The zero-order valence-corrected chi connectivity index (χ0v) is 16.7. The molecule has 0 saturated carbocycles. The van der Waals surface area contributed by atoms with Crippen molar-refractivity contribution < 1.29 is 4.42 Å². The van der Waals surface area contributed by atoms with Gasteiger partial charge in [0.25, 0.3) is 0 Å². The lowest BCUT2D eigenvalue weighted by molar-refractivity contribution is 0.507. The fourth-order valence-corrected chi connectivity index (χ4v) is 4.01. The van der Waals surface area contributed by atoms with Gasteiger partial charge in [-0.25, -0.2) is 0 Å². The first-order chi connectivity index (χ1) is 14.9. The molecule has 0 amide bonds. The Hall–Kier alpha value is -3.78. The molecule has 0 radical (unpaired) electrons. The van der Waals surface area contributed by atoms with E-state index in [4.69, 9.17) is 4.42 Å². The van der Waals surface area contributed by atoms with Crippen LogP contribution in [0.25, 0.3) is 11.3 Å². The molecule has 2 aromatic heterocycles. The van der Waals surface area contributed by atoms with E-state index in [1.54, 1.807) is 0 Å². The predicted octanol–water partition coefficient (Wildman–Crippen LogP) is 6.98. The van der Waals surface area contributed by atoms with E-state index in [2.05, 4.69) is 108 Å². The van der Waals surface area contributed by atoms with Crippen LogP contribution in [0.2, 0.25) is 0 Å². The summed E-state index contributed by atoms with van der Waals surface area (Å²) in [6.45, 7) is 0.832. The molecular formula is C28H23NO. The summed E-state index contributed by atoms with van der Waals surface area (Å²) in [5, 5.41) is 0. The van der Waals surface area contributed by atoms with E-state index in [0.717, 1.165) is 23.6 Å². The third kappa shape index (κ3) is 3.72. The van der Waals surface area contributed by atoms with Gasteiger partial charge in [0.2, 0.25) is 0 Å². The lowest BCUT2D eigenvalue weighted by Gasteiger charge is -2.19. The van der Waals surface area contributed by atoms with Crippen molar-refractivity contribution in [2.24, 2.45) is 0 Å². The van der Waals surface area contributed by atoms with Gasteiger partial charge in [-0.1, -0.05) is 91.0 Å². The van der Waals surface area contributed by atoms with E-state index in [0.29, 0.717) is 0 Å². The molecule has 0 aliphatic carbocycles. The van der Waals surface area contributed by atoms with Crippen molar-refractivity contribution >= 4 is 0 Å². The molecule has 0 saturated heterocycles. The van der Waals surface area contributed by atoms with Gasteiger partial charge in [-0.2, -0.15) is 0 Å². The molecule has 146 valence electrons. The summed E-state index contributed by atoms with van der Waals surface area (Å²) in [7, 11) is 0. The van der Waals surface area contributed by atoms with Crippen LogP contribution in [-0.4, -0.2) is 4.57 Å². The normalized spacial score (nSPS) is 12.0. The molecule has 2 heteroatoms. The Morgan fingerprint density at radius 3 is 2.03 bits per heavy atom. The van der Waals surface area contributed by atoms with Crippen LogP contribution in [0.5, 0.6) is 0 Å². The van der Waals surface area contributed by atoms with Gasteiger partial charge in [0.05, 0.1) is 5.92 Å². The van der Waals surface area contributed by atoms with Gasteiger partial charge in [0.1, 0.15) is 11.5 Å². The van der Waals surface area contributed by atoms with Crippen molar-refractivity contribution in [3.8, 4) is 11.3 Å². The maximum atomic E-state index is 6.40. The van der Waals surface area contributed by atoms with Crippen molar-refractivity contribution in [1.29, 1.82) is 0 Å². The Bertz CT molecular complexity index is 1200. The lowest BCUT2D eigenvalue weighted by Crippen LogP contribution is -2.10. The van der Waals surface area contributed by atoms with Gasteiger partial charge in [0.15, 0.2) is 0 Å². The van der Waals surface area contributed by atoms with Crippen LogP contribution in [0, 0.1) is 0 Å². The lowest BCUT2D eigenvalue weighted by atomic mass is 9.93. The highest BCUT2D eigenvalue weighted by atomic mass is 16.3. The molecule has 0 aliphatic rings. The third-order valence-corrected chi connectivity index (χ3v) is 5.46. The molecule has 1 atom stereocenters. The van der Waals surface area contributed by atoms with E-state index in [-0.39, 0.29) is 5.92 Å². The molecule has 5 rings (SSSR count). The number of hydrogen-bond donors (Lipinski definition) is 0. The molecule has 2 nitrogen and oxygen atoms in total. The number of furan rings is 1. The second-order valence-electron chi connectivity index (χ2n) is 7.46. The minimum atomic E-state index is 0.0300.